The van der Waals surface area contributed by atoms with Crippen molar-refractivity contribution in [2.45, 2.75) is 43.9 Å². The Morgan fingerprint density at radius 1 is 1.22 bits per heavy atom. The van der Waals surface area contributed by atoms with Gasteiger partial charge in [0, 0.05) is 11.2 Å². The zero-order valence-electron chi connectivity index (χ0n) is 11.1. The van der Waals surface area contributed by atoms with Crippen molar-refractivity contribution in [3.8, 4) is 0 Å². The van der Waals surface area contributed by atoms with Gasteiger partial charge in [0.1, 0.15) is 4.75 Å². The van der Waals surface area contributed by atoms with Gasteiger partial charge >= 0.3 is 0 Å². The highest BCUT2D eigenvalue weighted by Gasteiger charge is 2.51. The number of nitrogens with one attached hydrogen (secondary N) is 2. The predicted molar refractivity (Wildman–Crippen MR) is 77.5 cm³/mol. The minimum atomic E-state index is -0.275. The van der Waals surface area contributed by atoms with Crippen LogP contribution < -0.4 is 10.0 Å². The van der Waals surface area contributed by atoms with E-state index in [4.69, 9.17) is 0 Å². The molecule has 4 heteroatoms. The van der Waals surface area contributed by atoms with Gasteiger partial charge in [-0.3, -0.25) is 9.52 Å². The number of amides is 1. The van der Waals surface area contributed by atoms with E-state index in [1.165, 1.54) is 0 Å². The Bertz CT molecular complexity index is 421. The standard InChI is InChI=1S/C14H20N2OS/c1-13(2,3)16-18-14(9-10-14)12(17)15-11-7-5-4-6-8-11/h4-8,16H,9-10H2,1-3H3,(H,15,17). The number of carbonyl (C=O) groups excluding carboxylic acids is 1. The molecule has 1 saturated carbocycles. The SMILES string of the molecule is CC(C)(C)NSC1(C(=O)Nc2ccccc2)CC1. The van der Waals surface area contributed by atoms with E-state index < -0.39 is 0 Å². The summed E-state index contributed by atoms with van der Waals surface area (Å²) >= 11 is 1.56. The van der Waals surface area contributed by atoms with Gasteiger partial charge in [-0.05, 0) is 45.7 Å². The first-order valence-corrected chi connectivity index (χ1v) is 7.05. The summed E-state index contributed by atoms with van der Waals surface area (Å²) in [5, 5.41) is 2.98. The average Bonchev–Trinajstić information content (AvgIpc) is 3.08. The van der Waals surface area contributed by atoms with Gasteiger partial charge in [-0.25, -0.2) is 0 Å². The fraction of sp³-hybridized carbons (Fsp3) is 0.500. The first kappa shape index (κ1) is 13.4. The van der Waals surface area contributed by atoms with Gasteiger partial charge < -0.3 is 5.32 Å². The van der Waals surface area contributed by atoms with E-state index in [1.807, 2.05) is 30.3 Å². The molecule has 18 heavy (non-hydrogen) atoms. The summed E-state index contributed by atoms with van der Waals surface area (Å²) in [6, 6.07) is 9.62. The van der Waals surface area contributed by atoms with Crippen LogP contribution in [-0.2, 0) is 4.79 Å². The first-order valence-electron chi connectivity index (χ1n) is 6.23. The number of carbonyl (C=O) groups is 1. The highest BCUT2D eigenvalue weighted by molar-refractivity contribution is 7.99. The summed E-state index contributed by atoms with van der Waals surface area (Å²) in [4.78, 5) is 12.2. The van der Waals surface area contributed by atoms with Crippen LogP contribution in [0.1, 0.15) is 33.6 Å². The highest BCUT2D eigenvalue weighted by Crippen LogP contribution is 2.48. The molecule has 0 spiro atoms. The monoisotopic (exact) mass is 264 g/mol. The van der Waals surface area contributed by atoms with Gasteiger partial charge in [-0.1, -0.05) is 30.1 Å². The third kappa shape index (κ3) is 3.50. The molecule has 0 saturated heterocycles. The summed E-state index contributed by atoms with van der Waals surface area (Å²) in [5.41, 5.74) is 0.887. The van der Waals surface area contributed by atoms with Crippen molar-refractivity contribution in [2.75, 3.05) is 5.32 Å². The normalized spacial score (nSPS) is 17.3. The third-order valence-electron chi connectivity index (χ3n) is 2.70. The Morgan fingerprint density at radius 2 is 1.83 bits per heavy atom. The lowest BCUT2D eigenvalue weighted by Gasteiger charge is -2.23. The molecule has 0 radical (unpaired) electrons. The molecular formula is C14H20N2OS. The van der Waals surface area contributed by atoms with E-state index in [2.05, 4.69) is 30.8 Å². The van der Waals surface area contributed by atoms with Crippen molar-refractivity contribution < 1.29 is 4.79 Å². The molecule has 0 heterocycles. The first-order chi connectivity index (χ1) is 8.41. The lowest BCUT2D eigenvalue weighted by Crippen LogP contribution is -2.36. The third-order valence-corrected chi connectivity index (χ3v) is 4.40. The largest absolute Gasteiger partial charge is 0.325 e. The Labute approximate surface area is 113 Å². The molecule has 0 aromatic heterocycles. The van der Waals surface area contributed by atoms with Crippen LogP contribution >= 0.6 is 11.9 Å². The van der Waals surface area contributed by atoms with Crippen molar-refractivity contribution in [1.82, 2.24) is 4.72 Å². The molecule has 0 bridgehead atoms. The smallest absolute Gasteiger partial charge is 0.241 e. The average molecular weight is 264 g/mol. The quantitative estimate of drug-likeness (QED) is 0.821. The minimum Gasteiger partial charge on any atom is -0.325 e. The zero-order chi connectivity index (χ0) is 13.2. The fourth-order valence-corrected chi connectivity index (χ4v) is 2.46. The van der Waals surface area contributed by atoms with E-state index in [9.17, 15) is 4.79 Å². The van der Waals surface area contributed by atoms with Gasteiger partial charge in [-0.2, -0.15) is 0 Å². The Hall–Kier alpha value is -1.00. The van der Waals surface area contributed by atoms with E-state index in [0.717, 1.165) is 18.5 Å². The molecule has 1 aromatic rings. The Balaban J connectivity index is 1.93. The number of anilines is 1. The summed E-state index contributed by atoms with van der Waals surface area (Å²) < 4.78 is 3.07. The van der Waals surface area contributed by atoms with Crippen LogP contribution in [0.4, 0.5) is 5.69 Å². The maximum Gasteiger partial charge on any atom is 0.241 e. The topological polar surface area (TPSA) is 41.1 Å². The van der Waals surface area contributed by atoms with Crippen LogP contribution in [0.5, 0.6) is 0 Å². The number of hydrogen-bond donors (Lipinski definition) is 2. The van der Waals surface area contributed by atoms with Crippen molar-refractivity contribution in [3.63, 3.8) is 0 Å². The van der Waals surface area contributed by atoms with Gasteiger partial charge in [0.2, 0.25) is 5.91 Å². The number of benzene rings is 1. The summed E-state index contributed by atoms with van der Waals surface area (Å²) in [6.45, 7) is 6.31. The summed E-state index contributed by atoms with van der Waals surface area (Å²) in [6.07, 6.45) is 1.89. The number of rotatable bonds is 4. The molecule has 0 unspecified atom stereocenters. The molecule has 0 aliphatic heterocycles. The molecular weight excluding hydrogens is 244 g/mol. The van der Waals surface area contributed by atoms with E-state index in [1.54, 1.807) is 11.9 Å². The molecule has 0 atom stereocenters. The van der Waals surface area contributed by atoms with Crippen LogP contribution in [0, 0.1) is 0 Å². The summed E-state index contributed by atoms with van der Waals surface area (Å²) in [5.74, 6) is 0.107. The minimum absolute atomic E-state index is 0.0211. The van der Waals surface area contributed by atoms with E-state index >= 15 is 0 Å². The van der Waals surface area contributed by atoms with Crippen LogP contribution in [0.25, 0.3) is 0 Å². The maximum absolute atomic E-state index is 12.2. The highest BCUT2D eigenvalue weighted by atomic mass is 32.2. The van der Waals surface area contributed by atoms with Gasteiger partial charge in [0.25, 0.3) is 0 Å². The lowest BCUT2D eigenvalue weighted by atomic mass is 10.1. The second-order valence-electron chi connectivity index (χ2n) is 5.77. The second kappa shape index (κ2) is 4.94. The summed E-state index contributed by atoms with van der Waals surface area (Å²) in [7, 11) is 0. The Morgan fingerprint density at radius 3 is 2.33 bits per heavy atom. The molecule has 1 amide bonds. The lowest BCUT2D eigenvalue weighted by molar-refractivity contribution is -0.116. The van der Waals surface area contributed by atoms with Crippen molar-refractivity contribution in [3.05, 3.63) is 30.3 Å². The Kier molecular flexibility index (Phi) is 3.69. The van der Waals surface area contributed by atoms with E-state index in [0.29, 0.717) is 0 Å². The molecule has 1 aliphatic carbocycles. The van der Waals surface area contributed by atoms with Crippen molar-refractivity contribution in [2.24, 2.45) is 0 Å². The van der Waals surface area contributed by atoms with Crippen LogP contribution in [0.15, 0.2) is 30.3 Å². The van der Waals surface area contributed by atoms with Gasteiger partial charge in [-0.15, -0.1) is 0 Å². The zero-order valence-corrected chi connectivity index (χ0v) is 11.9. The number of para-hydroxylation sites is 1. The maximum atomic E-state index is 12.2. The molecule has 3 nitrogen and oxygen atoms in total. The molecule has 1 aromatic carbocycles. The fourth-order valence-electron chi connectivity index (χ4n) is 1.51. The molecule has 2 N–H and O–H groups in total. The molecule has 2 rings (SSSR count). The van der Waals surface area contributed by atoms with E-state index in [-0.39, 0.29) is 16.2 Å². The second-order valence-corrected chi connectivity index (χ2v) is 6.96. The van der Waals surface area contributed by atoms with Gasteiger partial charge in [0.05, 0.1) is 0 Å². The molecule has 1 fully saturated rings. The molecule has 1 aliphatic rings. The van der Waals surface area contributed by atoms with Crippen LogP contribution in [0.2, 0.25) is 0 Å². The molecule has 98 valence electrons. The van der Waals surface area contributed by atoms with Crippen LogP contribution in [-0.4, -0.2) is 16.2 Å². The predicted octanol–water partition coefficient (Wildman–Crippen LogP) is 3.19. The van der Waals surface area contributed by atoms with Crippen LogP contribution in [0.3, 0.4) is 0 Å². The number of hydrogen-bond acceptors (Lipinski definition) is 3. The van der Waals surface area contributed by atoms with Crippen molar-refractivity contribution in [1.29, 1.82) is 0 Å². The van der Waals surface area contributed by atoms with Gasteiger partial charge in [0.15, 0.2) is 0 Å². The van der Waals surface area contributed by atoms with Crippen molar-refractivity contribution >= 4 is 23.5 Å².